The summed E-state index contributed by atoms with van der Waals surface area (Å²) in [5.41, 5.74) is -0.196. The van der Waals surface area contributed by atoms with Crippen molar-refractivity contribution in [2.75, 3.05) is 44.5 Å². The molecule has 3 aromatic carbocycles. The minimum Gasteiger partial charge on any atom is -0.493 e. The van der Waals surface area contributed by atoms with E-state index < -0.39 is 28.9 Å². The lowest BCUT2D eigenvalue weighted by molar-refractivity contribution is -0.131. The van der Waals surface area contributed by atoms with Crippen LogP contribution in [0.4, 0.5) is 20.2 Å². The lowest BCUT2D eigenvalue weighted by atomic mass is 10.0. The lowest BCUT2D eigenvalue weighted by Gasteiger charge is -2.17. The van der Waals surface area contributed by atoms with Crippen LogP contribution in [-0.4, -0.2) is 60.5 Å². The minimum atomic E-state index is -1.28. The highest BCUT2D eigenvalue weighted by Gasteiger charge is 2.56. The number of methoxy groups -OCH3 is 1. The van der Waals surface area contributed by atoms with E-state index >= 15 is 4.39 Å². The molecule has 2 heterocycles. The van der Waals surface area contributed by atoms with Crippen LogP contribution in [0.1, 0.15) is 25.7 Å². The number of halogens is 2. The summed E-state index contributed by atoms with van der Waals surface area (Å²) >= 11 is 0. The number of carbonyl (C=O) groups is 2. The molecule has 0 spiro atoms. The molecule has 0 radical (unpaired) electrons. The zero-order valence-corrected chi connectivity index (χ0v) is 26.1. The molecule has 2 saturated carbocycles. The zero-order valence-electron chi connectivity index (χ0n) is 26.1. The number of ether oxygens (including phenoxy) is 3. The number of amides is 2. The van der Waals surface area contributed by atoms with Gasteiger partial charge in [-0.25, -0.2) is 18.7 Å². The van der Waals surface area contributed by atoms with Crippen molar-refractivity contribution >= 4 is 34.1 Å². The van der Waals surface area contributed by atoms with Gasteiger partial charge in [0.25, 0.3) is 0 Å². The zero-order chi connectivity index (χ0) is 32.7. The first-order valence-corrected chi connectivity index (χ1v) is 15.7. The van der Waals surface area contributed by atoms with Crippen LogP contribution in [0.15, 0.2) is 60.9 Å². The number of fused-ring (bicyclic) bond motifs is 2. The van der Waals surface area contributed by atoms with E-state index in [1.165, 1.54) is 42.7 Å². The maximum Gasteiger partial charge on any atom is 0.240 e. The Labute approximate surface area is 270 Å². The molecule has 3 fully saturated rings. The molecule has 0 bridgehead atoms. The molecule has 2 N–H and O–H groups in total. The number of hydrogen-bond acceptors (Lipinski definition) is 8. The summed E-state index contributed by atoms with van der Waals surface area (Å²) in [4.78, 5) is 36.9. The van der Waals surface area contributed by atoms with E-state index in [0.29, 0.717) is 53.5 Å². The summed E-state index contributed by atoms with van der Waals surface area (Å²) < 4.78 is 46.2. The van der Waals surface area contributed by atoms with Crippen LogP contribution >= 0.6 is 0 Å². The molecule has 10 nitrogen and oxygen atoms in total. The number of nitrogens with one attached hydrogen (secondary N) is 2. The van der Waals surface area contributed by atoms with Gasteiger partial charge in [-0.1, -0.05) is 0 Å². The van der Waals surface area contributed by atoms with Gasteiger partial charge in [0.15, 0.2) is 23.1 Å². The monoisotopic (exact) mass is 643 g/mol. The molecule has 1 aromatic heterocycles. The molecular weight excluding hydrogens is 608 g/mol. The number of anilines is 2. The summed E-state index contributed by atoms with van der Waals surface area (Å²) in [6.45, 7) is 2.90. The quantitative estimate of drug-likeness (QED) is 0.201. The van der Waals surface area contributed by atoms with Crippen LogP contribution in [-0.2, 0) is 9.59 Å². The van der Waals surface area contributed by atoms with Gasteiger partial charge in [-0.05, 0) is 92.9 Å². The smallest absolute Gasteiger partial charge is 0.240 e. The van der Waals surface area contributed by atoms with Crippen molar-refractivity contribution in [1.29, 1.82) is 0 Å². The predicted octanol–water partition coefficient (Wildman–Crippen LogP) is 6.03. The van der Waals surface area contributed by atoms with Crippen LogP contribution in [0.3, 0.4) is 0 Å². The van der Waals surface area contributed by atoms with Gasteiger partial charge in [0, 0.05) is 36.6 Å². The third kappa shape index (κ3) is 6.29. The Hall–Kier alpha value is -4.84. The summed E-state index contributed by atoms with van der Waals surface area (Å²) in [5.74, 6) is 0.801. The molecule has 2 unspecified atom stereocenters. The van der Waals surface area contributed by atoms with Gasteiger partial charge in [-0.3, -0.25) is 9.59 Å². The average molecular weight is 644 g/mol. The van der Waals surface area contributed by atoms with Gasteiger partial charge < -0.3 is 29.7 Å². The van der Waals surface area contributed by atoms with Gasteiger partial charge in [-0.15, -0.1) is 0 Å². The van der Waals surface area contributed by atoms with Crippen molar-refractivity contribution in [3.05, 3.63) is 72.6 Å². The second-order valence-corrected chi connectivity index (χ2v) is 12.8. The van der Waals surface area contributed by atoms with Crippen molar-refractivity contribution in [2.45, 2.75) is 25.7 Å². The molecule has 3 aliphatic rings. The summed E-state index contributed by atoms with van der Waals surface area (Å²) in [6, 6.07) is 12.7. The lowest BCUT2D eigenvalue weighted by Crippen LogP contribution is -2.35. The molecule has 1 saturated heterocycles. The number of benzene rings is 3. The van der Waals surface area contributed by atoms with Crippen LogP contribution < -0.4 is 24.8 Å². The van der Waals surface area contributed by atoms with Gasteiger partial charge in [0.1, 0.15) is 17.6 Å². The van der Waals surface area contributed by atoms with Crippen molar-refractivity contribution in [2.24, 2.45) is 23.2 Å². The van der Waals surface area contributed by atoms with Crippen LogP contribution in [0.2, 0.25) is 0 Å². The topological polar surface area (TPSA) is 115 Å². The Morgan fingerprint density at radius 1 is 0.894 bits per heavy atom. The third-order valence-electron chi connectivity index (χ3n) is 9.51. The largest absolute Gasteiger partial charge is 0.493 e. The Kier molecular flexibility index (Phi) is 8.13. The molecule has 4 aromatic rings. The molecule has 12 heteroatoms. The Morgan fingerprint density at radius 2 is 1.57 bits per heavy atom. The number of nitrogens with zero attached hydrogens (tertiary/aromatic N) is 3. The van der Waals surface area contributed by atoms with E-state index in [9.17, 15) is 14.0 Å². The van der Waals surface area contributed by atoms with E-state index in [0.717, 1.165) is 43.8 Å². The normalized spacial score (nSPS) is 21.2. The van der Waals surface area contributed by atoms with Gasteiger partial charge in [0.2, 0.25) is 17.7 Å². The highest BCUT2D eigenvalue weighted by atomic mass is 19.1. The molecule has 244 valence electrons. The number of aromatic nitrogens is 2. The molecular formula is C35H35F2N5O5. The molecule has 7 rings (SSSR count). The van der Waals surface area contributed by atoms with E-state index in [2.05, 4.69) is 32.5 Å². The summed E-state index contributed by atoms with van der Waals surface area (Å²) in [5, 5.41) is 5.79. The summed E-state index contributed by atoms with van der Waals surface area (Å²) in [6.07, 6.45) is 4.33. The second kappa shape index (κ2) is 12.4. The fourth-order valence-electron chi connectivity index (χ4n) is 6.88. The molecule has 2 aliphatic carbocycles. The van der Waals surface area contributed by atoms with Crippen molar-refractivity contribution in [3.63, 3.8) is 0 Å². The minimum absolute atomic E-state index is 0.116. The van der Waals surface area contributed by atoms with Gasteiger partial charge >= 0.3 is 0 Å². The summed E-state index contributed by atoms with van der Waals surface area (Å²) in [7, 11) is 3.74. The SMILES string of the molecule is COc1cc2c(Oc3ccc(NC(=O)C4(C(=O)Nc5ccc(F)cc5)CC4)cc3F)ncnc2cc1OCC1CC2CN(C)CC2C1. The molecule has 2 atom stereocenters. The fourth-order valence-corrected chi connectivity index (χ4v) is 6.88. The predicted molar refractivity (Wildman–Crippen MR) is 171 cm³/mol. The van der Waals surface area contributed by atoms with Crippen molar-refractivity contribution in [1.82, 2.24) is 14.9 Å². The van der Waals surface area contributed by atoms with Crippen LogP contribution in [0, 0.1) is 34.8 Å². The molecule has 2 amide bonds. The number of hydrogen-bond donors (Lipinski definition) is 2. The first kappa shape index (κ1) is 30.8. The number of likely N-dealkylation sites (tertiary alicyclic amines) is 1. The van der Waals surface area contributed by atoms with E-state index in [1.807, 2.05) is 0 Å². The second-order valence-electron chi connectivity index (χ2n) is 12.8. The Bertz CT molecular complexity index is 1820. The maximum absolute atomic E-state index is 15.3. The first-order valence-electron chi connectivity index (χ1n) is 15.7. The highest BCUT2D eigenvalue weighted by molar-refractivity contribution is 6.16. The molecule has 1 aliphatic heterocycles. The van der Waals surface area contributed by atoms with E-state index in [-0.39, 0.29) is 17.3 Å². The third-order valence-corrected chi connectivity index (χ3v) is 9.51. The number of carbonyl (C=O) groups excluding carboxylic acids is 2. The van der Waals surface area contributed by atoms with E-state index in [4.69, 9.17) is 14.2 Å². The number of rotatable bonds is 10. The first-order chi connectivity index (χ1) is 22.7. The Morgan fingerprint density at radius 3 is 2.23 bits per heavy atom. The standard InChI is InChI=1S/C35H35F2N5O5/c1-42-16-21-11-20(12-22(21)17-42)18-46-31-15-28-26(14-30(31)45-2)32(39-19-38-28)47-29-8-7-25(13-27(29)37)41-34(44)35(9-10-35)33(43)40-24-5-3-23(36)4-6-24/h3-8,13-15,19-22H,9-12,16-18H2,1-2H3,(H,40,43)(H,41,44). The van der Waals surface area contributed by atoms with Gasteiger partial charge in [-0.2, -0.15) is 0 Å². The molecule has 47 heavy (non-hydrogen) atoms. The Balaban J connectivity index is 1.01. The van der Waals surface area contributed by atoms with Crippen molar-refractivity contribution in [3.8, 4) is 23.1 Å². The fraction of sp³-hybridized carbons (Fsp3) is 0.371. The van der Waals surface area contributed by atoms with E-state index in [1.54, 1.807) is 19.2 Å². The van der Waals surface area contributed by atoms with Crippen molar-refractivity contribution < 1.29 is 32.6 Å². The van der Waals surface area contributed by atoms with Crippen LogP contribution in [0.25, 0.3) is 10.9 Å². The highest BCUT2D eigenvalue weighted by Crippen LogP contribution is 2.48. The maximum atomic E-state index is 15.3. The average Bonchev–Trinajstić information content (AvgIpc) is 3.69. The van der Waals surface area contributed by atoms with Crippen LogP contribution in [0.5, 0.6) is 23.1 Å². The van der Waals surface area contributed by atoms with Gasteiger partial charge in [0.05, 0.1) is 24.6 Å².